The summed E-state index contributed by atoms with van der Waals surface area (Å²) in [7, 11) is 0. The molecule has 0 aliphatic carbocycles. The lowest BCUT2D eigenvalue weighted by Crippen LogP contribution is -2.07. The summed E-state index contributed by atoms with van der Waals surface area (Å²) >= 11 is 0. The second-order valence-corrected chi connectivity index (χ2v) is 3.30. The van der Waals surface area contributed by atoms with Gasteiger partial charge in [0.1, 0.15) is 5.82 Å². The molecule has 0 aliphatic heterocycles. The zero-order valence-corrected chi connectivity index (χ0v) is 8.11. The van der Waals surface area contributed by atoms with Crippen molar-refractivity contribution in [1.29, 1.82) is 0 Å². The standard InChI is InChI=1S/C11H10F4/c1-3-7(2)8-4-9(11(13,14)15)6-10(12)5-8/h3-7H,1H2,2H3. The summed E-state index contributed by atoms with van der Waals surface area (Å²) in [6, 6.07) is 2.51. The number of hydrogen-bond donors (Lipinski definition) is 0. The van der Waals surface area contributed by atoms with Crippen LogP contribution in [0.5, 0.6) is 0 Å². The molecule has 0 saturated carbocycles. The first-order valence-corrected chi connectivity index (χ1v) is 4.35. The molecule has 0 radical (unpaired) electrons. The SMILES string of the molecule is C=CC(C)c1cc(F)cc(C(F)(F)F)c1. The van der Waals surface area contributed by atoms with Crippen LogP contribution < -0.4 is 0 Å². The van der Waals surface area contributed by atoms with Gasteiger partial charge in [-0.05, 0) is 29.7 Å². The van der Waals surface area contributed by atoms with Crippen molar-refractivity contribution in [3.8, 4) is 0 Å². The minimum Gasteiger partial charge on any atom is -0.207 e. The average molecular weight is 218 g/mol. The largest absolute Gasteiger partial charge is 0.416 e. The van der Waals surface area contributed by atoms with Crippen molar-refractivity contribution in [1.82, 2.24) is 0 Å². The molecule has 15 heavy (non-hydrogen) atoms. The van der Waals surface area contributed by atoms with Crippen LogP contribution in [0.2, 0.25) is 0 Å². The van der Waals surface area contributed by atoms with Crippen LogP contribution in [0.1, 0.15) is 24.0 Å². The first kappa shape index (κ1) is 11.8. The molecular formula is C11H10F4. The van der Waals surface area contributed by atoms with Gasteiger partial charge in [-0.3, -0.25) is 0 Å². The molecule has 0 amide bonds. The van der Waals surface area contributed by atoms with E-state index in [9.17, 15) is 17.6 Å². The maximum absolute atomic E-state index is 12.9. The first-order chi connectivity index (χ1) is 6.84. The van der Waals surface area contributed by atoms with E-state index in [4.69, 9.17) is 0 Å². The second-order valence-electron chi connectivity index (χ2n) is 3.30. The van der Waals surface area contributed by atoms with E-state index in [1.807, 2.05) is 0 Å². The Morgan fingerprint density at radius 1 is 1.27 bits per heavy atom. The molecule has 0 spiro atoms. The second kappa shape index (κ2) is 4.04. The average Bonchev–Trinajstić information content (AvgIpc) is 2.14. The van der Waals surface area contributed by atoms with E-state index >= 15 is 0 Å². The van der Waals surface area contributed by atoms with Crippen LogP contribution in [-0.2, 0) is 6.18 Å². The third-order valence-electron chi connectivity index (χ3n) is 2.13. The quantitative estimate of drug-likeness (QED) is 0.517. The van der Waals surface area contributed by atoms with E-state index < -0.39 is 17.6 Å². The molecule has 0 aromatic heterocycles. The van der Waals surface area contributed by atoms with Gasteiger partial charge < -0.3 is 0 Å². The Morgan fingerprint density at radius 2 is 1.87 bits per heavy atom. The third kappa shape index (κ3) is 2.81. The molecule has 0 heterocycles. The first-order valence-electron chi connectivity index (χ1n) is 4.35. The fourth-order valence-corrected chi connectivity index (χ4v) is 1.17. The molecule has 82 valence electrons. The lowest BCUT2D eigenvalue weighted by molar-refractivity contribution is -0.137. The van der Waals surface area contributed by atoms with Gasteiger partial charge >= 0.3 is 6.18 Å². The van der Waals surface area contributed by atoms with E-state index in [2.05, 4.69) is 6.58 Å². The van der Waals surface area contributed by atoms with Crippen LogP contribution in [0.15, 0.2) is 30.9 Å². The normalized spacial score (nSPS) is 13.7. The van der Waals surface area contributed by atoms with Gasteiger partial charge in [0.15, 0.2) is 0 Å². The van der Waals surface area contributed by atoms with Crippen LogP contribution in [0.3, 0.4) is 0 Å². The number of halogens is 4. The van der Waals surface area contributed by atoms with Gasteiger partial charge in [0.2, 0.25) is 0 Å². The molecule has 4 heteroatoms. The summed E-state index contributed by atoms with van der Waals surface area (Å²) in [6.45, 7) is 5.11. The summed E-state index contributed by atoms with van der Waals surface area (Å²) in [5.74, 6) is -1.18. The molecule has 1 atom stereocenters. The summed E-state index contributed by atoms with van der Waals surface area (Å²) < 4.78 is 49.9. The topological polar surface area (TPSA) is 0 Å². The van der Waals surface area contributed by atoms with Crippen LogP contribution in [0.4, 0.5) is 17.6 Å². The zero-order valence-electron chi connectivity index (χ0n) is 8.11. The molecular weight excluding hydrogens is 208 g/mol. The molecule has 0 N–H and O–H groups in total. The number of allylic oxidation sites excluding steroid dienone is 1. The summed E-state index contributed by atoms with van der Waals surface area (Å²) in [4.78, 5) is 0. The fourth-order valence-electron chi connectivity index (χ4n) is 1.17. The highest BCUT2D eigenvalue weighted by molar-refractivity contribution is 5.30. The van der Waals surface area contributed by atoms with Gasteiger partial charge in [0.05, 0.1) is 5.56 Å². The molecule has 1 rings (SSSR count). The zero-order chi connectivity index (χ0) is 11.6. The highest BCUT2D eigenvalue weighted by atomic mass is 19.4. The Labute approximate surface area is 85.2 Å². The van der Waals surface area contributed by atoms with Crippen molar-refractivity contribution in [2.45, 2.75) is 19.0 Å². The monoisotopic (exact) mass is 218 g/mol. The van der Waals surface area contributed by atoms with Crippen LogP contribution in [0.25, 0.3) is 0 Å². The van der Waals surface area contributed by atoms with Crippen molar-refractivity contribution in [2.24, 2.45) is 0 Å². The Balaban J connectivity index is 3.22. The Hall–Kier alpha value is -1.32. The van der Waals surface area contributed by atoms with E-state index in [-0.39, 0.29) is 11.5 Å². The maximum atomic E-state index is 12.9. The molecule has 0 bridgehead atoms. The molecule has 0 nitrogen and oxygen atoms in total. The molecule has 0 saturated heterocycles. The van der Waals surface area contributed by atoms with Crippen LogP contribution >= 0.6 is 0 Å². The van der Waals surface area contributed by atoms with Crippen molar-refractivity contribution < 1.29 is 17.6 Å². The van der Waals surface area contributed by atoms with Gasteiger partial charge in [-0.15, -0.1) is 6.58 Å². The van der Waals surface area contributed by atoms with E-state index in [1.54, 1.807) is 6.92 Å². The molecule has 0 aliphatic rings. The fraction of sp³-hybridized carbons (Fsp3) is 0.273. The molecule has 0 fully saturated rings. The van der Waals surface area contributed by atoms with E-state index in [1.165, 1.54) is 6.08 Å². The highest BCUT2D eigenvalue weighted by Crippen LogP contribution is 2.32. The van der Waals surface area contributed by atoms with Crippen molar-refractivity contribution in [3.05, 3.63) is 47.8 Å². The number of hydrogen-bond acceptors (Lipinski definition) is 0. The lowest BCUT2D eigenvalue weighted by atomic mass is 9.99. The van der Waals surface area contributed by atoms with Gasteiger partial charge in [0, 0.05) is 0 Å². The van der Waals surface area contributed by atoms with Crippen molar-refractivity contribution in [2.75, 3.05) is 0 Å². The minimum atomic E-state index is -4.52. The van der Waals surface area contributed by atoms with Gasteiger partial charge in [-0.25, -0.2) is 4.39 Å². The van der Waals surface area contributed by atoms with Crippen molar-refractivity contribution >= 4 is 0 Å². The van der Waals surface area contributed by atoms with Gasteiger partial charge in [-0.1, -0.05) is 13.0 Å². The number of benzene rings is 1. The van der Waals surface area contributed by atoms with Crippen molar-refractivity contribution in [3.63, 3.8) is 0 Å². The highest BCUT2D eigenvalue weighted by Gasteiger charge is 2.31. The molecule has 1 aromatic carbocycles. The minimum absolute atomic E-state index is 0.275. The maximum Gasteiger partial charge on any atom is 0.416 e. The predicted molar refractivity (Wildman–Crippen MR) is 50.0 cm³/mol. The Kier molecular flexibility index (Phi) is 3.17. The van der Waals surface area contributed by atoms with Gasteiger partial charge in [-0.2, -0.15) is 13.2 Å². The molecule has 1 aromatic rings. The number of alkyl halides is 3. The predicted octanol–water partition coefficient (Wildman–Crippen LogP) is 4.13. The van der Waals surface area contributed by atoms with E-state index in [0.717, 1.165) is 12.1 Å². The summed E-state index contributed by atoms with van der Waals surface area (Å²) in [5.41, 5.74) is -0.691. The smallest absolute Gasteiger partial charge is 0.207 e. The van der Waals surface area contributed by atoms with E-state index in [0.29, 0.717) is 6.07 Å². The Bertz CT molecular complexity index is 365. The Morgan fingerprint density at radius 3 is 2.33 bits per heavy atom. The number of rotatable bonds is 2. The third-order valence-corrected chi connectivity index (χ3v) is 2.13. The van der Waals surface area contributed by atoms with Gasteiger partial charge in [0.25, 0.3) is 0 Å². The van der Waals surface area contributed by atoms with Crippen LogP contribution in [0, 0.1) is 5.82 Å². The summed E-state index contributed by atoms with van der Waals surface area (Å²) in [5, 5.41) is 0. The summed E-state index contributed by atoms with van der Waals surface area (Å²) in [6.07, 6.45) is -3.05. The lowest BCUT2D eigenvalue weighted by Gasteiger charge is -2.11. The molecule has 1 unspecified atom stereocenters. The van der Waals surface area contributed by atoms with Crippen LogP contribution in [-0.4, -0.2) is 0 Å².